The second-order valence-corrected chi connectivity index (χ2v) is 13.9. The number of carboxylic acid groups (broad SMARTS) is 2. The Balaban J connectivity index is 1.38. The molecule has 2 aliphatic rings. The van der Waals surface area contributed by atoms with E-state index in [4.69, 9.17) is 28.3 Å². The van der Waals surface area contributed by atoms with Crippen molar-refractivity contribution in [2.24, 2.45) is 5.92 Å². The predicted molar refractivity (Wildman–Crippen MR) is 164 cm³/mol. The first-order chi connectivity index (χ1) is 21.3. The highest BCUT2D eigenvalue weighted by atomic mass is 35.5. The van der Waals surface area contributed by atoms with E-state index in [1.54, 1.807) is 0 Å². The van der Waals surface area contributed by atoms with Crippen molar-refractivity contribution in [1.29, 1.82) is 0 Å². The summed E-state index contributed by atoms with van der Waals surface area (Å²) in [4.78, 5) is 62.1. The Hall–Kier alpha value is -3.88. The summed E-state index contributed by atoms with van der Waals surface area (Å²) in [6, 6.07) is 7.24. The molecule has 2 aromatic carbocycles. The number of imide groups is 1. The molecule has 1 heterocycles. The minimum Gasteiger partial charge on any atom is -0.480 e. The number of carboxylic acids is 1. The Bertz CT molecular complexity index is 1570. The number of amides is 5. The summed E-state index contributed by atoms with van der Waals surface area (Å²) in [5.74, 6) is -3.45. The highest BCUT2D eigenvalue weighted by molar-refractivity contribution is 7.92. The van der Waals surface area contributed by atoms with Gasteiger partial charge in [-0.05, 0) is 68.0 Å². The monoisotopic (exact) mass is 682 g/mol. The van der Waals surface area contributed by atoms with Crippen molar-refractivity contribution in [2.75, 3.05) is 11.4 Å². The fourth-order valence-electron chi connectivity index (χ4n) is 5.60. The van der Waals surface area contributed by atoms with Crippen LogP contribution in [-0.2, 0) is 30.6 Å². The molecule has 0 bridgehead atoms. The SMILES string of the molecule is O=C(O)NCCCCC1NC(=O)N(c2ccc(C[C@H](NC(=O)[C@@H]3CCCC3S(=O)(=O)c3cc(Cl)cc(Cl)c3)C(=O)O)cc2)C1=O. The Labute approximate surface area is 269 Å². The van der Waals surface area contributed by atoms with Gasteiger partial charge in [0.1, 0.15) is 12.1 Å². The summed E-state index contributed by atoms with van der Waals surface area (Å²) >= 11 is 12.0. The standard InChI is InChI=1S/C29H32Cl2N4O9S/c30-17-13-18(31)15-20(14-17)45(43,44)24-6-3-4-21(24)25(36)33-23(27(38)39)12-16-7-9-19(10-8-16)35-26(37)22(34-28(35)40)5-1-2-11-32-29(41)42/h7-10,13-15,21-24,32H,1-6,11-12H2,(H,33,36)(H,34,40)(H,38,39)(H,41,42)/t21-,22?,23+,24?/m1/s1. The molecular weight excluding hydrogens is 651 g/mol. The smallest absolute Gasteiger partial charge is 0.404 e. The molecule has 0 aromatic heterocycles. The van der Waals surface area contributed by atoms with Crippen molar-refractivity contribution in [2.45, 2.75) is 67.2 Å². The van der Waals surface area contributed by atoms with Crippen LogP contribution < -0.4 is 20.9 Å². The van der Waals surface area contributed by atoms with E-state index >= 15 is 0 Å². The zero-order valence-electron chi connectivity index (χ0n) is 23.9. The number of halogens is 2. The number of aliphatic carboxylic acids is 1. The van der Waals surface area contributed by atoms with Crippen LogP contribution in [0.3, 0.4) is 0 Å². The molecule has 5 N–H and O–H groups in total. The molecular formula is C29H32Cl2N4O9S. The van der Waals surface area contributed by atoms with Crippen molar-refractivity contribution in [3.8, 4) is 0 Å². The number of urea groups is 1. The molecule has 242 valence electrons. The van der Waals surface area contributed by atoms with Gasteiger partial charge in [-0.1, -0.05) is 41.8 Å². The van der Waals surface area contributed by atoms with Gasteiger partial charge < -0.3 is 26.2 Å². The first-order valence-electron chi connectivity index (χ1n) is 14.2. The average Bonchev–Trinajstić information content (AvgIpc) is 3.57. The van der Waals surface area contributed by atoms with Gasteiger partial charge in [0.25, 0.3) is 5.91 Å². The van der Waals surface area contributed by atoms with Crippen LogP contribution in [0.2, 0.25) is 10.0 Å². The van der Waals surface area contributed by atoms with Crippen LogP contribution in [0.4, 0.5) is 15.3 Å². The van der Waals surface area contributed by atoms with E-state index in [2.05, 4.69) is 16.0 Å². The third-order valence-corrected chi connectivity index (χ3v) is 10.5. The third-order valence-electron chi connectivity index (χ3n) is 7.82. The normalized spacial score (nSPS) is 20.5. The van der Waals surface area contributed by atoms with Crippen LogP contribution in [-0.4, -0.2) is 72.4 Å². The minimum absolute atomic E-state index is 0.107. The zero-order chi connectivity index (χ0) is 32.9. The lowest BCUT2D eigenvalue weighted by Crippen LogP contribution is -2.47. The van der Waals surface area contributed by atoms with E-state index in [-0.39, 0.29) is 46.4 Å². The lowest BCUT2D eigenvalue weighted by molar-refractivity contribution is -0.142. The molecule has 1 aliphatic carbocycles. The number of carbonyl (C=O) groups excluding carboxylic acids is 3. The molecule has 0 spiro atoms. The molecule has 1 aliphatic heterocycles. The van der Waals surface area contributed by atoms with Gasteiger partial charge in [-0.25, -0.2) is 27.7 Å². The maximum atomic E-state index is 13.4. The van der Waals surface area contributed by atoms with Gasteiger partial charge >= 0.3 is 18.1 Å². The molecule has 1 saturated carbocycles. The third kappa shape index (κ3) is 8.24. The van der Waals surface area contributed by atoms with Crippen LogP contribution in [0, 0.1) is 5.92 Å². The molecule has 5 amide bonds. The van der Waals surface area contributed by atoms with E-state index in [1.165, 1.54) is 42.5 Å². The first kappa shape index (κ1) is 34.0. The molecule has 1 saturated heterocycles. The number of hydrogen-bond acceptors (Lipinski definition) is 7. The Morgan fingerprint density at radius 2 is 1.67 bits per heavy atom. The summed E-state index contributed by atoms with van der Waals surface area (Å²) < 4.78 is 26.8. The van der Waals surface area contributed by atoms with E-state index < -0.39 is 63.0 Å². The number of anilines is 1. The lowest BCUT2D eigenvalue weighted by Gasteiger charge is -2.22. The maximum Gasteiger partial charge on any atom is 0.404 e. The van der Waals surface area contributed by atoms with E-state index in [9.17, 15) is 37.5 Å². The van der Waals surface area contributed by atoms with Crippen LogP contribution in [0.25, 0.3) is 0 Å². The van der Waals surface area contributed by atoms with Gasteiger partial charge in [0, 0.05) is 23.0 Å². The molecule has 2 aromatic rings. The van der Waals surface area contributed by atoms with Gasteiger partial charge in [0.2, 0.25) is 5.91 Å². The largest absolute Gasteiger partial charge is 0.480 e. The highest BCUT2D eigenvalue weighted by Gasteiger charge is 2.43. The second kappa shape index (κ2) is 14.5. The number of unbranched alkanes of at least 4 members (excludes halogenated alkanes) is 1. The summed E-state index contributed by atoms with van der Waals surface area (Å²) in [5, 5.41) is 25.0. The van der Waals surface area contributed by atoms with Crippen molar-refractivity contribution >= 4 is 68.6 Å². The molecule has 2 unspecified atom stereocenters. The zero-order valence-corrected chi connectivity index (χ0v) is 26.2. The fourth-order valence-corrected chi connectivity index (χ4v) is 8.36. The summed E-state index contributed by atoms with van der Waals surface area (Å²) in [6.07, 6.45) is 0.998. The van der Waals surface area contributed by atoms with Gasteiger partial charge in [-0.3, -0.25) is 9.59 Å². The minimum atomic E-state index is -4.00. The van der Waals surface area contributed by atoms with Crippen molar-refractivity contribution in [1.82, 2.24) is 16.0 Å². The van der Waals surface area contributed by atoms with Crippen LogP contribution in [0.15, 0.2) is 47.4 Å². The summed E-state index contributed by atoms with van der Waals surface area (Å²) in [6.45, 7) is 0.228. The van der Waals surface area contributed by atoms with Crippen LogP contribution >= 0.6 is 23.2 Å². The quantitative estimate of drug-likeness (QED) is 0.155. The lowest BCUT2D eigenvalue weighted by atomic mass is 10.0. The molecule has 45 heavy (non-hydrogen) atoms. The maximum absolute atomic E-state index is 13.4. The molecule has 4 atom stereocenters. The number of sulfone groups is 1. The highest BCUT2D eigenvalue weighted by Crippen LogP contribution is 2.36. The Kier molecular flexibility index (Phi) is 10.9. The molecule has 2 fully saturated rings. The van der Waals surface area contributed by atoms with Gasteiger partial charge in [-0.2, -0.15) is 0 Å². The fraction of sp³-hybridized carbons (Fsp3) is 0.414. The summed E-state index contributed by atoms with van der Waals surface area (Å²) in [5.41, 5.74) is 0.762. The van der Waals surface area contributed by atoms with E-state index in [1.807, 2.05) is 0 Å². The van der Waals surface area contributed by atoms with Gasteiger partial charge in [0.15, 0.2) is 9.84 Å². The van der Waals surface area contributed by atoms with E-state index in [0.717, 1.165) is 4.90 Å². The number of nitrogens with one attached hydrogen (secondary N) is 3. The van der Waals surface area contributed by atoms with E-state index in [0.29, 0.717) is 31.2 Å². The number of benzene rings is 2. The predicted octanol–water partition coefficient (Wildman–Crippen LogP) is 3.61. The first-order valence-corrected chi connectivity index (χ1v) is 16.5. The second-order valence-electron chi connectivity index (χ2n) is 10.9. The van der Waals surface area contributed by atoms with Crippen molar-refractivity contribution in [3.05, 3.63) is 58.1 Å². The number of carbonyl (C=O) groups is 5. The Morgan fingerprint density at radius 3 is 2.29 bits per heavy atom. The van der Waals surface area contributed by atoms with Crippen LogP contribution in [0.5, 0.6) is 0 Å². The van der Waals surface area contributed by atoms with Crippen LogP contribution in [0.1, 0.15) is 44.1 Å². The van der Waals surface area contributed by atoms with Crippen molar-refractivity contribution < 1.29 is 42.6 Å². The van der Waals surface area contributed by atoms with Gasteiger partial charge in [-0.15, -0.1) is 0 Å². The Morgan fingerprint density at radius 1 is 1.00 bits per heavy atom. The number of rotatable bonds is 13. The summed E-state index contributed by atoms with van der Waals surface area (Å²) in [7, 11) is -4.00. The topological polar surface area (TPSA) is 199 Å². The number of hydrogen-bond donors (Lipinski definition) is 5. The molecule has 4 rings (SSSR count). The average molecular weight is 684 g/mol. The van der Waals surface area contributed by atoms with Gasteiger partial charge in [0.05, 0.1) is 21.8 Å². The molecule has 13 nitrogen and oxygen atoms in total. The number of nitrogens with zero attached hydrogens (tertiary/aromatic N) is 1. The molecule has 16 heteroatoms. The molecule has 0 radical (unpaired) electrons. The van der Waals surface area contributed by atoms with Crippen molar-refractivity contribution in [3.63, 3.8) is 0 Å².